The van der Waals surface area contributed by atoms with E-state index in [1.807, 2.05) is 58.0 Å². The number of para-hydroxylation sites is 1. The molecule has 3 aromatic carbocycles. The van der Waals surface area contributed by atoms with Crippen molar-refractivity contribution in [2.24, 2.45) is 5.92 Å². The lowest BCUT2D eigenvalue weighted by molar-refractivity contribution is -0.136. The topological polar surface area (TPSA) is 51.5 Å². The first kappa shape index (κ1) is 20.7. The van der Waals surface area contributed by atoms with Gasteiger partial charge in [0.1, 0.15) is 5.75 Å². The summed E-state index contributed by atoms with van der Waals surface area (Å²) < 4.78 is 7.67. The molecule has 6 rings (SSSR count). The lowest BCUT2D eigenvalue weighted by Gasteiger charge is -2.43. The molecule has 34 heavy (non-hydrogen) atoms. The molecule has 0 radical (unpaired) electrons. The number of ether oxygens (including phenoxy) is 1. The molecular formula is C29H26N2O3. The summed E-state index contributed by atoms with van der Waals surface area (Å²) in [5.74, 6) is 1.10. The number of amides is 1. The van der Waals surface area contributed by atoms with Gasteiger partial charge in [-0.3, -0.25) is 9.59 Å². The normalized spacial score (nSPS) is 19.0. The molecule has 1 amide bonds. The monoisotopic (exact) mass is 450 g/mol. The molecule has 2 aliphatic heterocycles. The van der Waals surface area contributed by atoms with Crippen LogP contribution in [0.1, 0.15) is 18.0 Å². The van der Waals surface area contributed by atoms with E-state index in [-0.39, 0.29) is 29.9 Å². The standard InChI is InChI=1S/C29H26N2O3/c32-27-13-12-26(23-11-10-21-6-4-5-7-22(21)15-23)29-24-14-20(17-31(27)29)16-30(18-24)28(33)19-34-25-8-2-1-3-9-25/h1-13,15,20,24H,14,16-19H2/t20-,24-/m1/s1. The van der Waals surface area contributed by atoms with Crippen molar-refractivity contribution in [1.29, 1.82) is 0 Å². The van der Waals surface area contributed by atoms with Crippen LogP contribution in [-0.2, 0) is 11.3 Å². The summed E-state index contributed by atoms with van der Waals surface area (Å²) in [4.78, 5) is 27.8. The number of carbonyl (C=O) groups excluding carboxylic acids is 1. The molecule has 170 valence electrons. The molecule has 2 aliphatic rings. The SMILES string of the molecule is O=C(COc1ccccc1)N1C[C@H]2C[C@H](C1)c1c(-c3ccc4ccccc4c3)ccc(=O)n1C2. The molecular weight excluding hydrogens is 424 g/mol. The maximum Gasteiger partial charge on any atom is 0.260 e. The summed E-state index contributed by atoms with van der Waals surface area (Å²) >= 11 is 0. The summed E-state index contributed by atoms with van der Waals surface area (Å²) in [6.07, 6.45) is 0.993. The van der Waals surface area contributed by atoms with Gasteiger partial charge in [-0.1, -0.05) is 54.6 Å². The van der Waals surface area contributed by atoms with E-state index < -0.39 is 0 Å². The minimum Gasteiger partial charge on any atom is -0.484 e. The molecule has 0 N–H and O–H groups in total. The van der Waals surface area contributed by atoms with Gasteiger partial charge >= 0.3 is 0 Å². The van der Waals surface area contributed by atoms with Crippen LogP contribution in [0.3, 0.4) is 0 Å². The Morgan fingerprint density at radius 3 is 2.50 bits per heavy atom. The summed E-state index contributed by atoms with van der Waals surface area (Å²) in [5.41, 5.74) is 3.29. The third kappa shape index (κ3) is 3.77. The van der Waals surface area contributed by atoms with Crippen molar-refractivity contribution in [3.63, 3.8) is 0 Å². The number of nitrogens with zero attached hydrogens (tertiary/aromatic N) is 2. The van der Waals surface area contributed by atoms with E-state index in [9.17, 15) is 9.59 Å². The molecule has 2 atom stereocenters. The lowest BCUT2D eigenvalue weighted by atomic mass is 9.80. The Morgan fingerprint density at radius 1 is 0.853 bits per heavy atom. The highest BCUT2D eigenvalue weighted by molar-refractivity contribution is 5.87. The molecule has 0 spiro atoms. The second kappa shape index (κ2) is 8.49. The van der Waals surface area contributed by atoms with Gasteiger partial charge in [0.05, 0.1) is 0 Å². The van der Waals surface area contributed by atoms with Gasteiger partial charge in [-0.05, 0) is 52.9 Å². The summed E-state index contributed by atoms with van der Waals surface area (Å²) in [6, 6.07) is 27.9. The first-order valence-electron chi connectivity index (χ1n) is 11.8. The zero-order valence-corrected chi connectivity index (χ0v) is 18.9. The van der Waals surface area contributed by atoms with Crippen molar-refractivity contribution in [1.82, 2.24) is 9.47 Å². The van der Waals surface area contributed by atoms with E-state index in [1.165, 1.54) is 10.8 Å². The van der Waals surface area contributed by atoms with E-state index >= 15 is 0 Å². The molecule has 3 heterocycles. The van der Waals surface area contributed by atoms with Crippen molar-refractivity contribution >= 4 is 16.7 Å². The van der Waals surface area contributed by atoms with Crippen LogP contribution in [0.4, 0.5) is 0 Å². The number of aromatic nitrogens is 1. The van der Waals surface area contributed by atoms with Crippen molar-refractivity contribution in [3.05, 3.63) is 101 Å². The Bertz CT molecular complexity index is 1430. The number of piperidine rings is 1. The number of pyridine rings is 1. The van der Waals surface area contributed by atoms with E-state index in [0.717, 1.165) is 23.2 Å². The largest absolute Gasteiger partial charge is 0.484 e. The van der Waals surface area contributed by atoms with Gasteiger partial charge < -0.3 is 14.2 Å². The highest BCUT2D eigenvalue weighted by Crippen LogP contribution is 2.40. The van der Waals surface area contributed by atoms with Crippen LogP contribution in [0.25, 0.3) is 21.9 Å². The van der Waals surface area contributed by atoms with Gasteiger partial charge in [-0.2, -0.15) is 0 Å². The minimum absolute atomic E-state index is 0.00228. The highest BCUT2D eigenvalue weighted by atomic mass is 16.5. The van der Waals surface area contributed by atoms with Crippen molar-refractivity contribution in [2.45, 2.75) is 18.9 Å². The third-order valence-corrected chi connectivity index (χ3v) is 7.11. The van der Waals surface area contributed by atoms with E-state index in [4.69, 9.17) is 4.74 Å². The van der Waals surface area contributed by atoms with Crippen molar-refractivity contribution < 1.29 is 9.53 Å². The fourth-order valence-electron chi connectivity index (χ4n) is 5.57. The predicted molar refractivity (Wildman–Crippen MR) is 133 cm³/mol. The third-order valence-electron chi connectivity index (χ3n) is 7.11. The van der Waals surface area contributed by atoms with Crippen LogP contribution in [-0.4, -0.2) is 35.1 Å². The number of hydrogen-bond acceptors (Lipinski definition) is 3. The average molecular weight is 451 g/mol. The Kier molecular flexibility index (Phi) is 5.17. The Labute approximate surface area is 198 Å². The first-order valence-corrected chi connectivity index (χ1v) is 11.8. The quantitative estimate of drug-likeness (QED) is 0.453. The first-order chi connectivity index (χ1) is 16.7. The fraction of sp³-hybridized carbons (Fsp3) is 0.241. The second-order valence-electron chi connectivity index (χ2n) is 9.34. The molecule has 0 unspecified atom stereocenters. The maximum absolute atomic E-state index is 13.0. The van der Waals surface area contributed by atoms with Crippen LogP contribution in [0.2, 0.25) is 0 Å². The second-order valence-corrected chi connectivity index (χ2v) is 9.34. The molecule has 5 nitrogen and oxygen atoms in total. The van der Waals surface area contributed by atoms with Gasteiger partial charge in [0.15, 0.2) is 6.61 Å². The predicted octanol–water partition coefficient (Wildman–Crippen LogP) is 4.69. The lowest BCUT2D eigenvalue weighted by Crippen LogP contribution is -2.50. The molecule has 5 heteroatoms. The van der Waals surface area contributed by atoms with Crippen molar-refractivity contribution in [2.75, 3.05) is 19.7 Å². The number of likely N-dealkylation sites (tertiary alicyclic amines) is 1. The molecule has 1 fully saturated rings. The molecule has 2 bridgehead atoms. The van der Waals surface area contributed by atoms with Crippen LogP contribution in [0.15, 0.2) is 89.7 Å². The molecule has 1 saturated heterocycles. The molecule has 0 saturated carbocycles. The Balaban J connectivity index is 1.31. The van der Waals surface area contributed by atoms with Gasteiger partial charge in [0.25, 0.3) is 11.5 Å². The van der Waals surface area contributed by atoms with Crippen LogP contribution >= 0.6 is 0 Å². The van der Waals surface area contributed by atoms with Gasteiger partial charge in [0, 0.05) is 42.9 Å². The Morgan fingerprint density at radius 2 is 1.65 bits per heavy atom. The molecule has 0 aliphatic carbocycles. The minimum atomic E-state index is -0.00228. The zero-order chi connectivity index (χ0) is 23.1. The van der Waals surface area contributed by atoms with E-state index in [0.29, 0.717) is 25.4 Å². The van der Waals surface area contributed by atoms with Crippen LogP contribution < -0.4 is 10.3 Å². The van der Waals surface area contributed by atoms with Crippen LogP contribution in [0, 0.1) is 5.92 Å². The van der Waals surface area contributed by atoms with Gasteiger partial charge in [0.2, 0.25) is 0 Å². The fourth-order valence-corrected chi connectivity index (χ4v) is 5.57. The smallest absolute Gasteiger partial charge is 0.260 e. The highest BCUT2D eigenvalue weighted by Gasteiger charge is 2.37. The number of hydrogen-bond donors (Lipinski definition) is 0. The molecule has 4 aromatic rings. The van der Waals surface area contributed by atoms with E-state index in [2.05, 4.69) is 30.3 Å². The van der Waals surface area contributed by atoms with Gasteiger partial charge in [-0.25, -0.2) is 0 Å². The summed E-state index contributed by atoms with van der Waals surface area (Å²) in [6.45, 7) is 1.95. The average Bonchev–Trinajstić information content (AvgIpc) is 2.88. The zero-order valence-electron chi connectivity index (χ0n) is 18.9. The number of benzene rings is 3. The Hall–Kier alpha value is -3.86. The summed E-state index contributed by atoms with van der Waals surface area (Å²) in [5, 5.41) is 2.37. The number of fused-ring (bicyclic) bond motifs is 5. The molecule has 1 aromatic heterocycles. The van der Waals surface area contributed by atoms with E-state index in [1.54, 1.807) is 6.07 Å². The summed E-state index contributed by atoms with van der Waals surface area (Å²) in [7, 11) is 0. The van der Waals surface area contributed by atoms with Gasteiger partial charge in [-0.15, -0.1) is 0 Å². The van der Waals surface area contributed by atoms with Crippen LogP contribution in [0.5, 0.6) is 5.75 Å². The number of rotatable bonds is 4. The van der Waals surface area contributed by atoms with Crippen molar-refractivity contribution in [3.8, 4) is 16.9 Å². The number of carbonyl (C=O) groups is 1. The maximum atomic E-state index is 13.0.